The highest BCUT2D eigenvalue weighted by molar-refractivity contribution is 5.97. The first-order chi connectivity index (χ1) is 8.52. The first-order valence-corrected chi connectivity index (χ1v) is 6.70. The molecule has 3 heteroatoms. The number of rotatable bonds is 1. The highest BCUT2D eigenvalue weighted by atomic mass is 16.2. The third-order valence-electron chi connectivity index (χ3n) is 4.03. The zero-order chi connectivity index (χ0) is 13.3. The van der Waals surface area contributed by atoms with Crippen LogP contribution >= 0.6 is 0 Å². The van der Waals surface area contributed by atoms with Gasteiger partial charge in [0.15, 0.2) is 0 Å². The minimum absolute atomic E-state index is 0.125. The van der Waals surface area contributed by atoms with Gasteiger partial charge in [0.1, 0.15) is 0 Å². The van der Waals surface area contributed by atoms with Crippen molar-refractivity contribution in [2.75, 3.05) is 5.73 Å². The SMILES string of the molecule is Cc1c(N)cccc1C(=O)N1[C@@H](C)CCC[C@@H]1C. The topological polar surface area (TPSA) is 46.3 Å². The summed E-state index contributed by atoms with van der Waals surface area (Å²) in [6, 6.07) is 6.22. The van der Waals surface area contributed by atoms with E-state index < -0.39 is 0 Å². The van der Waals surface area contributed by atoms with E-state index in [1.165, 1.54) is 6.42 Å². The number of nitrogens with two attached hydrogens (primary N) is 1. The second-order valence-corrected chi connectivity index (χ2v) is 5.36. The second kappa shape index (κ2) is 5.01. The van der Waals surface area contributed by atoms with E-state index in [0.717, 1.165) is 24.0 Å². The maximum Gasteiger partial charge on any atom is 0.254 e. The Kier molecular flexibility index (Phi) is 3.60. The van der Waals surface area contributed by atoms with Crippen LogP contribution in [0.2, 0.25) is 0 Å². The van der Waals surface area contributed by atoms with Crippen molar-refractivity contribution < 1.29 is 4.79 Å². The fourth-order valence-corrected chi connectivity index (χ4v) is 2.85. The third-order valence-corrected chi connectivity index (χ3v) is 4.03. The molecule has 0 saturated carbocycles. The Morgan fingerprint density at radius 3 is 2.50 bits per heavy atom. The van der Waals surface area contributed by atoms with Crippen molar-refractivity contribution in [2.24, 2.45) is 0 Å². The van der Waals surface area contributed by atoms with Crippen molar-refractivity contribution in [2.45, 2.75) is 52.1 Å². The lowest BCUT2D eigenvalue weighted by molar-refractivity contribution is 0.0510. The Morgan fingerprint density at radius 1 is 1.28 bits per heavy atom. The molecule has 0 bridgehead atoms. The molecule has 0 unspecified atom stereocenters. The molecule has 0 aliphatic carbocycles. The minimum atomic E-state index is 0.125. The number of nitrogen functional groups attached to an aromatic ring is 1. The molecule has 0 radical (unpaired) electrons. The zero-order valence-corrected chi connectivity index (χ0v) is 11.4. The Labute approximate surface area is 109 Å². The molecule has 1 heterocycles. The Balaban J connectivity index is 2.32. The van der Waals surface area contributed by atoms with Crippen LogP contribution in [-0.4, -0.2) is 22.9 Å². The summed E-state index contributed by atoms with van der Waals surface area (Å²) >= 11 is 0. The van der Waals surface area contributed by atoms with Crippen LogP contribution in [0, 0.1) is 6.92 Å². The summed E-state index contributed by atoms with van der Waals surface area (Å²) in [5, 5.41) is 0. The van der Waals surface area contributed by atoms with Gasteiger partial charge in [-0.25, -0.2) is 0 Å². The maximum absolute atomic E-state index is 12.7. The molecule has 1 fully saturated rings. The molecule has 0 spiro atoms. The highest BCUT2D eigenvalue weighted by Crippen LogP contribution is 2.26. The number of amides is 1. The predicted molar refractivity (Wildman–Crippen MR) is 74.5 cm³/mol. The number of anilines is 1. The number of carbonyl (C=O) groups excluding carboxylic acids is 1. The van der Waals surface area contributed by atoms with Gasteiger partial charge in [-0.2, -0.15) is 0 Å². The number of piperidine rings is 1. The van der Waals surface area contributed by atoms with Crippen LogP contribution in [0.3, 0.4) is 0 Å². The first-order valence-electron chi connectivity index (χ1n) is 6.70. The predicted octanol–water partition coefficient (Wildman–Crippen LogP) is 2.98. The molecule has 98 valence electrons. The third kappa shape index (κ3) is 2.22. The van der Waals surface area contributed by atoms with Gasteiger partial charge >= 0.3 is 0 Å². The van der Waals surface area contributed by atoms with Gasteiger partial charge in [-0.1, -0.05) is 6.07 Å². The molecule has 1 aliphatic heterocycles. The molecule has 2 rings (SSSR count). The quantitative estimate of drug-likeness (QED) is 0.774. The fraction of sp³-hybridized carbons (Fsp3) is 0.533. The van der Waals surface area contributed by atoms with Gasteiger partial charge in [-0.3, -0.25) is 4.79 Å². The zero-order valence-electron chi connectivity index (χ0n) is 11.4. The van der Waals surface area contributed by atoms with Gasteiger partial charge in [-0.15, -0.1) is 0 Å². The maximum atomic E-state index is 12.7. The van der Waals surface area contributed by atoms with Crippen LogP contribution in [-0.2, 0) is 0 Å². The largest absolute Gasteiger partial charge is 0.398 e. The lowest BCUT2D eigenvalue weighted by Crippen LogP contribution is -2.47. The number of carbonyl (C=O) groups is 1. The monoisotopic (exact) mass is 246 g/mol. The lowest BCUT2D eigenvalue weighted by Gasteiger charge is -2.39. The fourth-order valence-electron chi connectivity index (χ4n) is 2.85. The number of hydrogen-bond acceptors (Lipinski definition) is 2. The van der Waals surface area contributed by atoms with Crippen molar-refractivity contribution in [3.05, 3.63) is 29.3 Å². The number of benzene rings is 1. The standard InChI is InChI=1S/C15H22N2O/c1-10-6-4-7-11(2)17(10)15(18)13-8-5-9-14(16)12(13)3/h5,8-11H,4,6-7,16H2,1-3H3/t10-,11-/m0/s1. The van der Waals surface area contributed by atoms with E-state index in [-0.39, 0.29) is 5.91 Å². The summed E-state index contributed by atoms with van der Waals surface area (Å²) in [4.78, 5) is 14.7. The van der Waals surface area contributed by atoms with Crippen molar-refractivity contribution >= 4 is 11.6 Å². The van der Waals surface area contributed by atoms with Gasteiger partial charge in [0, 0.05) is 23.3 Å². The first kappa shape index (κ1) is 12.9. The van der Waals surface area contributed by atoms with Crippen LogP contribution in [0.5, 0.6) is 0 Å². The molecule has 2 N–H and O–H groups in total. The van der Waals surface area contributed by atoms with Crippen LogP contribution in [0.1, 0.15) is 49.0 Å². The van der Waals surface area contributed by atoms with E-state index >= 15 is 0 Å². The normalized spacial score (nSPS) is 24.1. The number of hydrogen-bond donors (Lipinski definition) is 1. The molecule has 1 aromatic carbocycles. The molecule has 1 saturated heterocycles. The summed E-state index contributed by atoms with van der Waals surface area (Å²) in [5.41, 5.74) is 8.22. The summed E-state index contributed by atoms with van der Waals surface area (Å²) in [6.07, 6.45) is 3.40. The van der Waals surface area contributed by atoms with Crippen molar-refractivity contribution in [1.82, 2.24) is 4.90 Å². The van der Waals surface area contributed by atoms with Crippen LogP contribution in [0.25, 0.3) is 0 Å². The van der Waals surface area contributed by atoms with Crippen molar-refractivity contribution in [3.8, 4) is 0 Å². The van der Waals surface area contributed by atoms with E-state index in [1.807, 2.05) is 30.0 Å². The number of nitrogens with zero attached hydrogens (tertiary/aromatic N) is 1. The minimum Gasteiger partial charge on any atom is -0.398 e. The summed E-state index contributed by atoms with van der Waals surface area (Å²) < 4.78 is 0. The summed E-state index contributed by atoms with van der Waals surface area (Å²) in [7, 11) is 0. The van der Waals surface area contributed by atoms with Gasteiger partial charge in [0.2, 0.25) is 0 Å². The molecular formula is C15H22N2O. The molecule has 18 heavy (non-hydrogen) atoms. The van der Waals surface area contributed by atoms with Gasteiger partial charge < -0.3 is 10.6 Å². The lowest BCUT2D eigenvalue weighted by atomic mass is 9.95. The molecule has 1 amide bonds. The van der Waals surface area contributed by atoms with E-state index in [2.05, 4.69) is 13.8 Å². The van der Waals surface area contributed by atoms with E-state index in [1.54, 1.807) is 0 Å². The molecular weight excluding hydrogens is 224 g/mol. The van der Waals surface area contributed by atoms with Crippen molar-refractivity contribution in [3.63, 3.8) is 0 Å². The van der Waals surface area contributed by atoms with Gasteiger partial charge in [-0.05, 0) is 57.7 Å². The number of likely N-dealkylation sites (tertiary alicyclic amines) is 1. The molecule has 1 aromatic rings. The summed E-state index contributed by atoms with van der Waals surface area (Å²) in [6.45, 7) is 6.19. The Bertz CT molecular complexity index is 446. The van der Waals surface area contributed by atoms with Crippen LogP contribution in [0.15, 0.2) is 18.2 Å². The van der Waals surface area contributed by atoms with E-state index in [4.69, 9.17) is 5.73 Å². The van der Waals surface area contributed by atoms with Crippen LogP contribution < -0.4 is 5.73 Å². The summed E-state index contributed by atoms with van der Waals surface area (Å²) in [5.74, 6) is 0.125. The highest BCUT2D eigenvalue weighted by Gasteiger charge is 2.30. The molecule has 2 atom stereocenters. The van der Waals surface area contributed by atoms with Crippen molar-refractivity contribution in [1.29, 1.82) is 0 Å². The molecule has 1 aliphatic rings. The second-order valence-electron chi connectivity index (χ2n) is 5.36. The molecule has 0 aromatic heterocycles. The molecule has 3 nitrogen and oxygen atoms in total. The van der Waals surface area contributed by atoms with E-state index in [0.29, 0.717) is 17.8 Å². The smallest absolute Gasteiger partial charge is 0.254 e. The van der Waals surface area contributed by atoms with Gasteiger partial charge in [0.05, 0.1) is 0 Å². The van der Waals surface area contributed by atoms with Crippen LogP contribution in [0.4, 0.5) is 5.69 Å². The average molecular weight is 246 g/mol. The van der Waals surface area contributed by atoms with Gasteiger partial charge in [0.25, 0.3) is 5.91 Å². The van der Waals surface area contributed by atoms with E-state index in [9.17, 15) is 4.79 Å². The Hall–Kier alpha value is -1.51. The Morgan fingerprint density at radius 2 is 1.89 bits per heavy atom. The average Bonchev–Trinajstić information content (AvgIpc) is 2.32.